The first kappa shape index (κ1) is 13.8. The van der Waals surface area contributed by atoms with E-state index in [9.17, 15) is 9.18 Å². The average molecular weight is 284 g/mol. The fraction of sp³-hybridized carbons (Fsp3) is 0.235. The maximum absolute atomic E-state index is 13.0. The fourth-order valence-electron chi connectivity index (χ4n) is 2.71. The van der Waals surface area contributed by atoms with Crippen molar-refractivity contribution in [3.05, 3.63) is 65.0 Å². The lowest BCUT2D eigenvalue weighted by molar-refractivity contribution is -0.115. The van der Waals surface area contributed by atoms with Gasteiger partial charge in [-0.25, -0.2) is 4.39 Å². The maximum atomic E-state index is 13.0. The molecule has 1 unspecified atom stereocenters. The molecular weight excluding hydrogens is 267 g/mol. The molecule has 2 aromatic rings. The van der Waals surface area contributed by atoms with Crippen LogP contribution in [0.5, 0.6) is 0 Å². The standard InChI is InChI=1S/C17H17FN2O/c1-19-16(8-11-2-5-14(18)6-3-11)12-4-7-15-13(9-12)10-17(21)20-15/h2-7,9,16,19H,8,10H2,1H3,(H,20,21). The second-order valence-electron chi connectivity index (χ2n) is 5.31. The third-order valence-electron chi connectivity index (χ3n) is 3.86. The minimum atomic E-state index is -0.220. The van der Waals surface area contributed by atoms with Crippen LogP contribution in [0.1, 0.15) is 22.7 Å². The molecule has 108 valence electrons. The lowest BCUT2D eigenvalue weighted by atomic mass is 9.96. The van der Waals surface area contributed by atoms with E-state index in [0.717, 1.165) is 28.8 Å². The van der Waals surface area contributed by atoms with Crippen LogP contribution in [0, 0.1) is 5.82 Å². The van der Waals surface area contributed by atoms with Crippen LogP contribution in [-0.4, -0.2) is 13.0 Å². The Balaban J connectivity index is 1.82. The van der Waals surface area contributed by atoms with Crippen molar-refractivity contribution in [1.82, 2.24) is 5.32 Å². The average Bonchev–Trinajstić information content (AvgIpc) is 2.85. The summed E-state index contributed by atoms with van der Waals surface area (Å²) in [5, 5.41) is 6.12. The van der Waals surface area contributed by atoms with Gasteiger partial charge in [-0.1, -0.05) is 24.3 Å². The van der Waals surface area contributed by atoms with E-state index in [4.69, 9.17) is 0 Å². The van der Waals surface area contributed by atoms with Gasteiger partial charge in [0.2, 0.25) is 5.91 Å². The topological polar surface area (TPSA) is 41.1 Å². The molecule has 3 nitrogen and oxygen atoms in total. The van der Waals surface area contributed by atoms with Gasteiger partial charge in [-0.15, -0.1) is 0 Å². The Morgan fingerprint density at radius 3 is 2.71 bits per heavy atom. The summed E-state index contributed by atoms with van der Waals surface area (Å²) >= 11 is 0. The van der Waals surface area contributed by atoms with Gasteiger partial charge in [-0.3, -0.25) is 4.79 Å². The van der Waals surface area contributed by atoms with Crippen LogP contribution < -0.4 is 10.6 Å². The Bertz CT molecular complexity index is 667. The molecule has 4 heteroatoms. The number of amides is 1. The van der Waals surface area contributed by atoms with Crippen LogP contribution in [-0.2, 0) is 17.6 Å². The van der Waals surface area contributed by atoms with Crippen LogP contribution in [0.2, 0.25) is 0 Å². The summed E-state index contributed by atoms with van der Waals surface area (Å²) < 4.78 is 13.0. The van der Waals surface area contributed by atoms with E-state index in [1.54, 1.807) is 12.1 Å². The quantitative estimate of drug-likeness (QED) is 0.906. The number of nitrogens with one attached hydrogen (secondary N) is 2. The van der Waals surface area contributed by atoms with Crippen molar-refractivity contribution in [1.29, 1.82) is 0 Å². The molecule has 1 amide bonds. The number of halogens is 1. The van der Waals surface area contributed by atoms with Crippen molar-refractivity contribution in [2.24, 2.45) is 0 Å². The molecule has 0 fully saturated rings. The summed E-state index contributed by atoms with van der Waals surface area (Å²) in [6.07, 6.45) is 1.22. The van der Waals surface area contributed by atoms with Gasteiger partial charge in [-0.05, 0) is 48.4 Å². The highest BCUT2D eigenvalue weighted by Gasteiger charge is 2.19. The number of benzene rings is 2. The van der Waals surface area contributed by atoms with Gasteiger partial charge < -0.3 is 10.6 Å². The van der Waals surface area contributed by atoms with Crippen LogP contribution in [0.4, 0.5) is 10.1 Å². The first-order valence-corrected chi connectivity index (χ1v) is 7.00. The summed E-state index contributed by atoms with van der Waals surface area (Å²) in [5.41, 5.74) is 4.15. The fourth-order valence-corrected chi connectivity index (χ4v) is 2.71. The molecule has 1 aliphatic rings. The Morgan fingerprint density at radius 1 is 1.24 bits per heavy atom. The van der Waals surface area contributed by atoms with E-state index in [2.05, 4.69) is 16.7 Å². The normalized spacial score (nSPS) is 14.7. The zero-order valence-electron chi connectivity index (χ0n) is 11.8. The largest absolute Gasteiger partial charge is 0.326 e. The number of hydrogen-bond acceptors (Lipinski definition) is 2. The number of hydrogen-bond donors (Lipinski definition) is 2. The molecule has 0 saturated heterocycles. The molecule has 0 bridgehead atoms. The molecule has 0 aliphatic carbocycles. The lowest BCUT2D eigenvalue weighted by Crippen LogP contribution is -2.19. The smallest absolute Gasteiger partial charge is 0.228 e. The van der Waals surface area contributed by atoms with Gasteiger partial charge in [0.05, 0.1) is 6.42 Å². The van der Waals surface area contributed by atoms with Gasteiger partial charge in [0.25, 0.3) is 0 Å². The SMILES string of the molecule is CNC(Cc1ccc(F)cc1)c1ccc2c(c1)CC(=O)N2. The predicted molar refractivity (Wildman–Crippen MR) is 80.7 cm³/mol. The summed E-state index contributed by atoms with van der Waals surface area (Å²) in [4.78, 5) is 11.4. The summed E-state index contributed by atoms with van der Waals surface area (Å²) in [7, 11) is 1.91. The van der Waals surface area contributed by atoms with Crippen molar-refractivity contribution < 1.29 is 9.18 Å². The summed E-state index contributed by atoms with van der Waals surface area (Å²) in [6.45, 7) is 0. The molecule has 0 aromatic heterocycles. The van der Waals surface area contributed by atoms with Crippen molar-refractivity contribution in [3.63, 3.8) is 0 Å². The Hall–Kier alpha value is -2.20. The van der Waals surface area contributed by atoms with Gasteiger partial charge in [0.1, 0.15) is 5.82 Å². The highest BCUT2D eigenvalue weighted by Crippen LogP contribution is 2.27. The van der Waals surface area contributed by atoms with E-state index in [0.29, 0.717) is 6.42 Å². The molecular formula is C17H17FN2O. The number of carbonyl (C=O) groups is 1. The molecule has 1 heterocycles. The first-order chi connectivity index (χ1) is 10.2. The van der Waals surface area contributed by atoms with Crippen molar-refractivity contribution in [2.45, 2.75) is 18.9 Å². The van der Waals surface area contributed by atoms with Crippen LogP contribution in [0.3, 0.4) is 0 Å². The first-order valence-electron chi connectivity index (χ1n) is 7.00. The van der Waals surface area contributed by atoms with Crippen LogP contribution in [0.15, 0.2) is 42.5 Å². The minimum absolute atomic E-state index is 0.0432. The van der Waals surface area contributed by atoms with E-state index in [1.165, 1.54) is 12.1 Å². The minimum Gasteiger partial charge on any atom is -0.326 e. The Kier molecular flexibility index (Phi) is 3.71. The molecule has 2 N–H and O–H groups in total. The predicted octanol–water partition coefficient (Wildman–Crippen LogP) is 2.82. The molecule has 0 spiro atoms. The van der Waals surface area contributed by atoms with Gasteiger partial charge >= 0.3 is 0 Å². The van der Waals surface area contributed by atoms with Crippen molar-refractivity contribution in [3.8, 4) is 0 Å². The third kappa shape index (κ3) is 2.95. The van der Waals surface area contributed by atoms with E-state index < -0.39 is 0 Å². The summed E-state index contributed by atoms with van der Waals surface area (Å²) in [5.74, 6) is -0.177. The number of fused-ring (bicyclic) bond motifs is 1. The zero-order chi connectivity index (χ0) is 14.8. The highest BCUT2D eigenvalue weighted by atomic mass is 19.1. The maximum Gasteiger partial charge on any atom is 0.228 e. The second-order valence-corrected chi connectivity index (χ2v) is 5.31. The molecule has 21 heavy (non-hydrogen) atoms. The number of likely N-dealkylation sites (N-methyl/N-ethyl adjacent to an activating group) is 1. The number of rotatable bonds is 4. The monoisotopic (exact) mass is 284 g/mol. The van der Waals surface area contributed by atoms with Crippen LogP contribution >= 0.6 is 0 Å². The Morgan fingerprint density at radius 2 is 2.00 bits per heavy atom. The molecule has 1 aliphatic heterocycles. The number of anilines is 1. The van der Waals surface area contributed by atoms with Crippen molar-refractivity contribution >= 4 is 11.6 Å². The van der Waals surface area contributed by atoms with Gasteiger partial charge in [0, 0.05) is 11.7 Å². The molecule has 3 rings (SSSR count). The molecule has 2 aromatic carbocycles. The van der Waals surface area contributed by atoms with Crippen molar-refractivity contribution in [2.75, 3.05) is 12.4 Å². The zero-order valence-corrected chi connectivity index (χ0v) is 11.8. The molecule has 1 atom stereocenters. The van der Waals surface area contributed by atoms with Gasteiger partial charge in [0.15, 0.2) is 0 Å². The molecule has 0 radical (unpaired) electrons. The van der Waals surface area contributed by atoms with E-state index in [1.807, 2.05) is 19.2 Å². The third-order valence-corrected chi connectivity index (χ3v) is 3.86. The Labute approximate surface area is 123 Å². The number of carbonyl (C=O) groups excluding carboxylic acids is 1. The lowest BCUT2D eigenvalue weighted by Gasteiger charge is -2.17. The van der Waals surface area contributed by atoms with E-state index >= 15 is 0 Å². The molecule has 0 saturated carbocycles. The van der Waals surface area contributed by atoms with E-state index in [-0.39, 0.29) is 17.8 Å². The van der Waals surface area contributed by atoms with Crippen LogP contribution in [0.25, 0.3) is 0 Å². The second kappa shape index (κ2) is 5.66. The summed E-state index contributed by atoms with van der Waals surface area (Å²) in [6, 6.07) is 12.7. The highest BCUT2D eigenvalue weighted by molar-refractivity contribution is 5.99. The van der Waals surface area contributed by atoms with Gasteiger partial charge in [-0.2, -0.15) is 0 Å².